The summed E-state index contributed by atoms with van der Waals surface area (Å²) in [5.41, 5.74) is 5.82. The van der Waals surface area contributed by atoms with Gasteiger partial charge in [-0.05, 0) is 30.0 Å². The van der Waals surface area contributed by atoms with Crippen LogP contribution in [0.5, 0.6) is 0 Å². The number of nitrogens with two attached hydrogens (primary N) is 1. The van der Waals surface area contributed by atoms with Crippen molar-refractivity contribution >= 4 is 10.0 Å². The zero-order chi connectivity index (χ0) is 14.8. The summed E-state index contributed by atoms with van der Waals surface area (Å²) in [6.45, 7) is 7.57. The van der Waals surface area contributed by atoms with Gasteiger partial charge in [0.2, 0.25) is 10.0 Å². The van der Waals surface area contributed by atoms with Crippen LogP contribution in [0.3, 0.4) is 0 Å². The van der Waals surface area contributed by atoms with Gasteiger partial charge in [0.25, 0.3) is 0 Å². The molecule has 1 rings (SSSR count). The van der Waals surface area contributed by atoms with E-state index in [1.807, 2.05) is 20.8 Å². The molecule has 0 aliphatic rings. The molecule has 0 bridgehead atoms. The number of sulfonamides is 1. The summed E-state index contributed by atoms with van der Waals surface area (Å²) >= 11 is 0. The van der Waals surface area contributed by atoms with Gasteiger partial charge in [0.15, 0.2) is 0 Å². The Morgan fingerprint density at radius 1 is 1.32 bits per heavy atom. The van der Waals surface area contributed by atoms with Gasteiger partial charge in [-0.25, -0.2) is 17.5 Å². The van der Waals surface area contributed by atoms with E-state index in [1.54, 1.807) is 0 Å². The van der Waals surface area contributed by atoms with Gasteiger partial charge in [-0.1, -0.05) is 20.8 Å². The maximum atomic E-state index is 13.7. The normalized spacial score (nSPS) is 12.7. The Bertz CT molecular complexity index is 563. The number of nitrogens with one attached hydrogen (secondary N) is 1. The number of hydrogen-bond acceptors (Lipinski definition) is 3. The summed E-state index contributed by atoms with van der Waals surface area (Å²) in [6, 6.07) is 2.68. The van der Waals surface area contributed by atoms with Gasteiger partial charge >= 0.3 is 0 Å². The fourth-order valence-corrected chi connectivity index (χ4v) is 3.08. The minimum absolute atomic E-state index is 0.0443. The number of halogens is 1. The minimum Gasteiger partial charge on any atom is -0.326 e. The molecular weight excluding hydrogens is 267 g/mol. The second kappa shape index (κ2) is 5.56. The summed E-state index contributed by atoms with van der Waals surface area (Å²) < 4.78 is 40.6. The number of rotatable bonds is 4. The Balaban J connectivity index is 3.17. The smallest absolute Gasteiger partial charge is 0.240 e. The Hall–Kier alpha value is -0.980. The van der Waals surface area contributed by atoms with Crippen LogP contribution in [-0.2, 0) is 16.6 Å². The molecule has 0 saturated heterocycles. The summed E-state index contributed by atoms with van der Waals surface area (Å²) in [5, 5.41) is 0. The highest BCUT2D eigenvalue weighted by Crippen LogP contribution is 2.21. The van der Waals surface area contributed by atoms with E-state index in [2.05, 4.69) is 4.72 Å². The lowest BCUT2D eigenvalue weighted by atomic mass is 9.98. The fourth-order valence-electron chi connectivity index (χ4n) is 1.49. The molecule has 0 unspecified atom stereocenters. The van der Waals surface area contributed by atoms with E-state index in [9.17, 15) is 12.8 Å². The third-order valence-corrected chi connectivity index (χ3v) is 4.20. The van der Waals surface area contributed by atoms with Crippen LogP contribution in [-0.4, -0.2) is 15.0 Å². The Morgan fingerprint density at radius 2 is 1.89 bits per heavy atom. The first-order chi connectivity index (χ1) is 8.57. The van der Waals surface area contributed by atoms with Crippen molar-refractivity contribution in [3.8, 4) is 0 Å². The Kier molecular flexibility index (Phi) is 4.71. The van der Waals surface area contributed by atoms with Crippen LogP contribution < -0.4 is 10.5 Å². The molecule has 108 valence electrons. The van der Waals surface area contributed by atoms with Crippen molar-refractivity contribution in [1.29, 1.82) is 0 Å². The number of hydrogen-bond donors (Lipinski definition) is 2. The van der Waals surface area contributed by atoms with Crippen LogP contribution in [0.4, 0.5) is 4.39 Å². The molecule has 0 radical (unpaired) electrons. The van der Waals surface area contributed by atoms with E-state index in [4.69, 9.17) is 5.73 Å². The summed E-state index contributed by atoms with van der Waals surface area (Å²) in [4.78, 5) is -0.0443. The van der Waals surface area contributed by atoms with E-state index >= 15 is 0 Å². The number of benzene rings is 1. The second-order valence-corrected chi connectivity index (χ2v) is 7.53. The van der Waals surface area contributed by atoms with Gasteiger partial charge in [-0.2, -0.15) is 0 Å². The highest BCUT2D eigenvalue weighted by Gasteiger charge is 2.22. The van der Waals surface area contributed by atoms with Crippen LogP contribution in [0.2, 0.25) is 0 Å². The first-order valence-corrected chi connectivity index (χ1v) is 7.54. The summed E-state index contributed by atoms with van der Waals surface area (Å²) in [7, 11) is -3.72. The van der Waals surface area contributed by atoms with Gasteiger partial charge in [0.05, 0.1) is 4.90 Å². The summed E-state index contributed by atoms with van der Waals surface area (Å²) in [5.74, 6) is -0.556. The molecule has 0 atom stereocenters. The fraction of sp³-hybridized carbons (Fsp3) is 0.538. The molecule has 0 aliphatic heterocycles. The highest BCUT2D eigenvalue weighted by atomic mass is 32.2. The Morgan fingerprint density at radius 3 is 2.37 bits per heavy atom. The molecule has 0 aliphatic carbocycles. The van der Waals surface area contributed by atoms with Crippen molar-refractivity contribution < 1.29 is 12.8 Å². The molecule has 4 nitrogen and oxygen atoms in total. The lowest BCUT2D eigenvalue weighted by Crippen LogP contribution is -2.33. The lowest BCUT2D eigenvalue weighted by Gasteiger charge is -2.19. The molecule has 0 spiro atoms. The van der Waals surface area contributed by atoms with E-state index in [0.717, 1.165) is 0 Å². The van der Waals surface area contributed by atoms with Crippen molar-refractivity contribution in [1.82, 2.24) is 4.72 Å². The highest BCUT2D eigenvalue weighted by molar-refractivity contribution is 7.89. The second-order valence-electron chi connectivity index (χ2n) is 5.79. The van der Waals surface area contributed by atoms with Gasteiger partial charge in [-0.15, -0.1) is 0 Å². The molecule has 3 N–H and O–H groups in total. The SMILES string of the molecule is Cc1c(F)cc(CN)cc1S(=O)(=O)NCC(C)(C)C. The van der Waals surface area contributed by atoms with Crippen LogP contribution in [0.1, 0.15) is 31.9 Å². The lowest BCUT2D eigenvalue weighted by molar-refractivity contribution is 0.407. The first kappa shape index (κ1) is 16.1. The van der Waals surface area contributed by atoms with Crippen molar-refractivity contribution in [3.05, 3.63) is 29.1 Å². The van der Waals surface area contributed by atoms with Gasteiger partial charge in [0, 0.05) is 18.7 Å². The van der Waals surface area contributed by atoms with Crippen molar-refractivity contribution in [2.75, 3.05) is 6.54 Å². The largest absolute Gasteiger partial charge is 0.326 e. The molecule has 0 saturated carbocycles. The first-order valence-electron chi connectivity index (χ1n) is 6.05. The van der Waals surface area contributed by atoms with Gasteiger partial charge < -0.3 is 5.73 Å². The van der Waals surface area contributed by atoms with Crippen LogP contribution in [0.25, 0.3) is 0 Å². The zero-order valence-electron chi connectivity index (χ0n) is 11.7. The van der Waals surface area contributed by atoms with Crippen molar-refractivity contribution in [2.45, 2.75) is 39.1 Å². The van der Waals surface area contributed by atoms with Crippen LogP contribution >= 0.6 is 0 Å². The van der Waals surface area contributed by atoms with E-state index in [-0.39, 0.29) is 29.0 Å². The molecular formula is C13H21FN2O2S. The molecule has 0 amide bonds. The predicted octanol–water partition coefficient (Wildman–Crippen LogP) is 1.92. The van der Waals surface area contributed by atoms with Crippen molar-refractivity contribution in [3.63, 3.8) is 0 Å². The summed E-state index contributed by atoms with van der Waals surface area (Å²) in [6.07, 6.45) is 0. The predicted molar refractivity (Wildman–Crippen MR) is 73.7 cm³/mol. The molecule has 0 aromatic heterocycles. The quantitative estimate of drug-likeness (QED) is 0.889. The van der Waals surface area contributed by atoms with E-state index in [1.165, 1.54) is 19.1 Å². The molecule has 1 aromatic carbocycles. The van der Waals surface area contributed by atoms with Crippen LogP contribution in [0.15, 0.2) is 17.0 Å². The van der Waals surface area contributed by atoms with Gasteiger partial charge in [0.1, 0.15) is 5.82 Å². The molecule has 0 fully saturated rings. The average molecular weight is 288 g/mol. The van der Waals surface area contributed by atoms with Gasteiger partial charge in [-0.3, -0.25) is 0 Å². The maximum absolute atomic E-state index is 13.7. The average Bonchev–Trinajstić information content (AvgIpc) is 2.29. The Labute approximate surface area is 114 Å². The van der Waals surface area contributed by atoms with E-state index < -0.39 is 15.8 Å². The van der Waals surface area contributed by atoms with Crippen molar-refractivity contribution in [2.24, 2.45) is 11.1 Å². The zero-order valence-corrected chi connectivity index (χ0v) is 12.6. The monoisotopic (exact) mass is 288 g/mol. The minimum atomic E-state index is -3.72. The standard InChI is InChI=1S/C13H21FN2O2S/c1-9-11(14)5-10(7-15)6-12(9)19(17,18)16-8-13(2,3)4/h5-6,16H,7-8,15H2,1-4H3. The maximum Gasteiger partial charge on any atom is 0.240 e. The third-order valence-electron chi connectivity index (χ3n) is 2.67. The molecule has 6 heteroatoms. The van der Waals surface area contributed by atoms with E-state index in [0.29, 0.717) is 5.56 Å². The topological polar surface area (TPSA) is 72.2 Å². The molecule has 19 heavy (non-hydrogen) atoms. The van der Waals surface area contributed by atoms with Crippen LogP contribution in [0, 0.1) is 18.2 Å². The third kappa shape index (κ3) is 4.26. The molecule has 1 aromatic rings. The molecule has 0 heterocycles.